The molecule has 2 aromatic carbocycles. The molecule has 1 saturated heterocycles. The van der Waals surface area contributed by atoms with E-state index in [0.717, 1.165) is 48.4 Å². The second-order valence-corrected chi connectivity index (χ2v) is 9.45. The average molecular weight is 471 g/mol. The summed E-state index contributed by atoms with van der Waals surface area (Å²) in [5.74, 6) is 0.241. The van der Waals surface area contributed by atoms with Gasteiger partial charge >= 0.3 is 12.1 Å². The number of carbonyl (C=O) groups excluding carboxylic acids is 1. The highest BCUT2D eigenvalue weighted by Crippen LogP contribution is 2.42. The van der Waals surface area contributed by atoms with Crippen molar-refractivity contribution in [3.8, 4) is 11.5 Å². The molecule has 0 bridgehead atoms. The van der Waals surface area contributed by atoms with Gasteiger partial charge in [-0.25, -0.2) is 9.59 Å². The number of carboxylic acids is 1. The number of halogens is 1. The molecule has 0 radical (unpaired) electrons. The number of carboxylic acid groups (broad SMARTS) is 1. The number of para-hydroxylation sites is 1. The minimum absolute atomic E-state index is 0.0359. The summed E-state index contributed by atoms with van der Waals surface area (Å²) in [7, 11) is 2.10. The van der Waals surface area contributed by atoms with Crippen molar-refractivity contribution in [2.24, 2.45) is 0 Å². The number of fused-ring (bicyclic) bond motifs is 2. The van der Waals surface area contributed by atoms with E-state index in [1.54, 1.807) is 0 Å². The van der Waals surface area contributed by atoms with Crippen molar-refractivity contribution in [1.29, 1.82) is 0 Å². The molecule has 3 aliphatic rings. The Balaban J connectivity index is 1.51. The van der Waals surface area contributed by atoms with Crippen LogP contribution in [0.5, 0.6) is 11.5 Å². The number of ether oxygens (including phenoxy) is 2. The molecule has 1 fully saturated rings. The molecule has 1 amide bonds. The molecule has 7 nitrogen and oxygen atoms in total. The van der Waals surface area contributed by atoms with Crippen LogP contribution >= 0.6 is 11.6 Å². The van der Waals surface area contributed by atoms with Gasteiger partial charge in [0.05, 0.1) is 11.6 Å². The summed E-state index contributed by atoms with van der Waals surface area (Å²) in [4.78, 5) is 27.9. The molecule has 3 aliphatic heterocycles. The third-order valence-corrected chi connectivity index (χ3v) is 7.21. The van der Waals surface area contributed by atoms with Gasteiger partial charge in [0.1, 0.15) is 11.8 Å². The van der Waals surface area contributed by atoms with E-state index in [2.05, 4.69) is 30.1 Å². The number of benzene rings is 2. The molecule has 2 atom stereocenters. The standard InChI is InChI=1S/C25H27ClN2O5/c1-27-10-7-16-12-20(26)22(33-25(31)28-9-3-6-21(28)24(29)30)13-18(16)19(14-27)17-5-2-4-15-8-11-32-23(15)17/h2,4-5,12-13,19,21H,3,6-11,14H2,1H3,(H,29,30)/t19?,21-/m1/s1. The van der Waals surface area contributed by atoms with Crippen LogP contribution in [-0.4, -0.2) is 66.3 Å². The first kappa shape index (κ1) is 22.0. The van der Waals surface area contributed by atoms with Crippen LogP contribution in [0.1, 0.15) is 41.0 Å². The van der Waals surface area contributed by atoms with Gasteiger partial charge in [-0.15, -0.1) is 0 Å². The first-order valence-electron chi connectivity index (χ1n) is 11.4. The lowest BCUT2D eigenvalue weighted by Crippen LogP contribution is -2.42. The number of hydrogen-bond acceptors (Lipinski definition) is 5. The van der Waals surface area contributed by atoms with Crippen molar-refractivity contribution in [2.45, 2.75) is 37.6 Å². The maximum absolute atomic E-state index is 12.8. The van der Waals surface area contributed by atoms with E-state index < -0.39 is 18.1 Å². The van der Waals surface area contributed by atoms with Crippen molar-refractivity contribution in [3.63, 3.8) is 0 Å². The summed E-state index contributed by atoms with van der Waals surface area (Å²) in [5, 5.41) is 9.77. The summed E-state index contributed by atoms with van der Waals surface area (Å²) in [5.41, 5.74) is 4.53. The third kappa shape index (κ3) is 4.15. The largest absolute Gasteiger partial charge is 0.493 e. The normalized spacial score (nSPS) is 22.3. The van der Waals surface area contributed by atoms with Gasteiger partial charge in [-0.1, -0.05) is 29.8 Å². The van der Waals surface area contributed by atoms with E-state index >= 15 is 0 Å². The molecule has 0 aromatic heterocycles. The number of nitrogens with zero attached hydrogens (tertiary/aromatic N) is 2. The van der Waals surface area contributed by atoms with E-state index in [9.17, 15) is 14.7 Å². The fourth-order valence-electron chi connectivity index (χ4n) is 5.22. The predicted octanol–water partition coefficient (Wildman–Crippen LogP) is 3.94. The topological polar surface area (TPSA) is 79.3 Å². The van der Waals surface area contributed by atoms with Gasteiger partial charge in [0.25, 0.3) is 0 Å². The van der Waals surface area contributed by atoms with Crippen LogP contribution in [0, 0.1) is 0 Å². The Kier molecular flexibility index (Phi) is 5.93. The second-order valence-electron chi connectivity index (χ2n) is 9.04. The Labute approximate surface area is 197 Å². The Hall–Kier alpha value is -2.77. The fraction of sp³-hybridized carbons (Fsp3) is 0.440. The molecule has 1 unspecified atom stereocenters. The zero-order valence-corrected chi connectivity index (χ0v) is 19.3. The van der Waals surface area contributed by atoms with Gasteiger partial charge in [0, 0.05) is 37.5 Å². The van der Waals surface area contributed by atoms with Gasteiger partial charge in [0.15, 0.2) is 5.75 Å². The summed E-state index contributed by atoms with van der Waals surface area (Å²) in [6, 6.07) is 9.18. The molecule has 174 valence electrons. The lowest BCUT2D eigenvalue weighted by atomic mass is 9.86. The van der Waals surface area contributed by atoms with Crippen LogP contribution in [0.15, 0.2) is 30.3 Å². The SMILES string of the molecule is CN1CCc2cc(Cl)c(OC(=O)N3CCC[C@@H]3C(=O)O)cc2C(c2cccc3c2OCC3)C1. The number of rotatable bonds is 3. The number of likely N-dealkylation sites (N-methyl/N-ethyl adjacent to an activating group) is 1. The van der Waals surface area contributed by atoms with Crippen LogP contribution < -0.4 is 9.47 Å². The van der Waals surface area contributed by atoms with Crippen molar-refractivity contribution >= 4 is 23.7 Å². The Morgan fingerprint density at radius 2 is 2.00 bits per heavy atom. The number of aliphatic carboxylic acids is 1. The van der Waals surface area contributed by atoms with E-state index in [1.165, 1.54) is 10.5 Å². The Morgan fingerprint density at radius 3 is 2.82 bits per heavy atom. The monoisotopic (exact) mass is 470 g/mol. The summed E-state index contributed by atoms with van der Waals surface area (Å²) in [6.07, 6.45) is 2.13. The lowest BCUT2D eigenvalue weighted by Gasteiger charge is -2.25. The summed E-state index contributed by atoms with van der Waals surface area (Å²) < 4.78 is 11.7. The maximum Gasteiger partial charge on any atom is 0.416 e. The van der Waals surface area contributed by atoms with E-state index in [0.29, 0.717) is 31.0 Å². The third-order valence-electron chi connectivity index (χ3n) is 6.92. The molecule has 33 heavy (non-hydrogen) atoms. The van der Waals surface area contributed by atoms with Gasteiger partial charge < -0.3 is 19.5 Å². The van der Waals surface area contributed by atoms with Crippen molar-refractivity contribution in [2.75, 3.05) is 33.3 Å². The van der Waals surface area contributed by atoms with E-state index in [4.69, 9.17) is 21.1 Å². The van der Waals surface area contributed by atoms with Gasteiger partial charge in [-0.3, -0.25) is 4.90 Å². The van der Waals surface area contributed by atoms with E-state index in [-0.39, 0.29) is 11.7 Å². The zero-order valence-electron chi connectivity index (χ0n) is 18.6. The minimum atomic E-state index is -1.02. The quantitative estimate of drug-likeness (QED) is 0.732. The summed E-state index contributed by atoms with van der Waals surface area (Å²) in [6.45, 7) is 2.74. The summed E-state index contributed by atoms with van der Waals surface area (Å²) >= 11 is 6.54. The molecule has 3 heterocycles. The van der Waals surface area contributed by atoms with E-state index in [1.807, 2.05) is 12.1 Å². The molecule has 0 spiro atoms. The Bertz CT molecular complexity index is 1100. The number of hydrogen-bond donors (Lipinski definition) is 1. The second kappa shape index (κ2) is 8.88. The van der Waals surface area contributed by atoms with Crippen LogP contribution in [0.4, 0.5) is 4.79 Å². The lowest BCUT2D eigenvalue weighted by molar-refractivity contribution is -0.141. The number of amides is 1. The molecular formula is C25H27ClN2O5. The van der Waals surface area contributed by atoms with Gasteiger partial charge in [-0.2, -0.15) is 0 Å². The smallest absolute Gasteiger partial charge is 0.416 e. The fourth-order valence-corrected chi connectivity index (χ4v) is 5.44. The van der Waals surface area contributed by atoms with Crippen LogP contribution in [0.2, 0.25) is 5.02 Å². The highest BCUT2D eigenvalue weighted by atomic mass is 35.5. The van der Waals surface area contributed by atoms with Gasteiger partial charge in [-0.05, 0) is 55.1 Å². The molecule has 1 N–H and O–H groups in total. The maximum atomic E-state index is 12.8. The van der Waals surface area contributed by atoms with Crippen LogP contribution in [-0.2, 0) is 17.6 Å². The first-order chi connectivity index (χ1) is 15.9. The molecular weight excluding hydrogens is 444 g/mol. The molecule has 2 aromatic rings. The van der Waals surface area contributed by atoms with Crippen molar-refractivity contribution < 1.29 is 24.2 Å². The molecule has 5 rings (SSSR count). The van der Waals surface area contributed by atoms with Crippen LogP contribution in [0.25, 0.3) is 0 Å². The Morgan fingerprint density at radius 1 is 1.15 bits per heavy atom. The number of likely N-dealkylation sites (tertiary alicyclic amines) is 1. The van der Waals surface area contributed by atoms with Crippen molar-refractivity contribution in [3.05, 3.63) is 57.6 Å². The van der Waals surface area contributed by atoms with Crippen molar-refractivity contribution in [1.82, 2.24) is 9.80 Å². The molecule has 0 aliphatic carbocycles. The molecule has 8 heteroatoms. The first-order valence-corrected chi connectivity index (χ1v) is 11.8. The average Bonchev–Trinajstić information content (AvgIpc) is 3.44. The zero-order chi connectivity index (χ0) is 23.1. The highest BCUT2D eigenvalue weighted by molar-refractivity contribution is 6.32. The highest BCUT2D eigenvalue weighted by Gasteiger charge is 2.36. The van der Waals surface area contributed by atoms with Gasteiger partial charge in [0.2, 0.25) is 0 Å². The molecule has 0 saturated carbocycles. The van der Waals surface area contributed by atoms with Crippen LogP contribution in [0.3, 0.4) is 0 Å². The minimum Gasteiger partial charge on any atom is -0.493 e. The predicted molar refractivity (Wildman–Crippen MR) is 124 cm³/mol. The number of carbonyl (C=O) groups is 2.